The maximum Gasteiger partial charge on any atom is 0.243 e. The Balaban J connectivity index is 1.60. The number of alkyl halides is 1. The van der Waals surface area contributed by atoms with Gasteiger partial charge in [0.15, 0.2) is 0 Å². The number of carbonyl (C=O) groups excluding carboxylic acids is 1. The summed E-state index contributed by atoms with van der Waals surface area (Å²) in [5.74, 6) is -0.314. The molecule has 2 heterocycles. The largest absolute Gasteiger partial charge is 0.337 e. The molecule has 0 spiro atoms. The second-order valence-corrected chi connectivity index (χ2v) is 9.41. The third kappa shape index (κ3) is 3.44. The summed E-state index contributed by atoms with van der Waals surface area (Å²) < 4.78 is 41.5. The molecule has 1 amide bonds. The average Bonchev–Trinajstić information content (AvgIpc) is 3.09. The maximum absolute atomic E-state index is 14.2. The first-order chi connectivity index (χ1) is 13.4. The number of benzene rings is 2. The van der Waals surface area contributed by atoms with Crippen LogP contribution in [0.3, 0.4) is 0 Å². The van der Waals surface area contributed by atoms with Crippen LogP contribution in [0.2, 0.25) is 0 Å². The van der Waals surface area contributed by atoms with Crippen molar-refractivity contribution < 1.29 is 17.6 Å². The van der Waals surface area contributed by atoms with Gasteiger partial charge in [-0.05, 0) is 42.2 Å². The van der Waals surface area contributed by atoms with Crippen LogP contribution in [0.15, 0.2) is 53.4 Å². The SMILES string of the molecule is Cc1cccc(S(=O)(=O)N2CC(F)CC2C(=O)N2CCc3ccccc3C2)c1. The van der Waals surface area contributed by atoms with Crippen LogP contribution in [0, 0.1) is 6.92 Å². The van der Waals surface area contributed by atoms with Crippen LogP contribution in [0.25, 0.3) is 0 Å². The molecule has 1 saturated heterocycles. The van der Waals surface area contributed by atoms with Gasteiger partial charge < -0.3 is 4.90 Å². The number of amides is 1. The summed E-state index contributed by atoms with van der Waals surface area (Å²) in [6.07, 6.45) is -0.717. The minimum absolute atomic E-state index is 0.0952. The number of halogens is 1. The van der Waals surface area contributed by atoms with Gasteiger partial charge in [-0.1, -0.05) is 36.4 Å². The van der Waals surface area contributed by atoms with Crippen molar-refractivity contribution in [1.29, 1.82) is 0 Å². The minimum atomic E-state index is -3.94. The van der Waals surface area contributed by atoms with Gasteiger partial charge in [-0.15, -0.1) is 0 Å². The van der Waals surface area contributed by atoms with Crippen LogP contribution in [0.4, 0.5) is 4.39 Å². The van der Waals surface area contributed by atoms with Crippen LogP contribution >= 0.6 is 0 Å². The van der Waals surface area contributed by atoms with Gasteiger partial charge in [-0.25, -0.2) is 12.8 Å². The zero-order valence-electron chi connectivity index (χ0n) is 15.7. The first-order valence-corrected chi connectivity index (χ1v) is 10.9. The molecule has 5 nitrogen and oxygen atoms in total. The maximum atomic E-state index is 14.2. The van der Waals surface area contributed by atoms with E-state index in [2.05, 4.69) is 0 Å². The Labute approximate surface area is 164 Å². The summed E-state index contributed by atoms with van der Waals surface area (Å²) in [4.78, 5) is 14.9. The van der Waals surface area contributed by atoms with E-state index in [9.17, 15) is 17.6 Å². The van der Waals surface area contributed by atoms with Crippen LogP contribution in [-0.4, -0.2) is 48.8 Å². The second kappa shape index (κ2) is 7.29. The number of carbonyl (C=O) groups is 1. The van der Waals surface area contributed by atoms with Gasteiger partial charge in [0, 0.05) is 26.1 Å². The summed E-state index contributed by atoms with van der Waals surface area (Å²) in [5.41, 5.74) is 3.06. The van der Waals surface area contributed by atoms with E-state index in [0.717, 1.165) is 21.9 Å². The van der Waals surface area contributed by atoms with Crippen LogP contribution < -0.4 is 0 Å². The molecule has 2 aromatic carbocycles. The normalized spacial score (nSPS) is 22.9. The van der Waals surface area contributed by atoms with E-state index < -0.39 is 22.2 Å². The molecule has 28 heavy (non-hydrogen) atoms. The smallest absolute Gasteiger partial charge is 0.243 e. The monoisotopic (exact) mass is 402 g/mol. The van der Waals surface area contributed by atoms with Crippen molar-refractivity contribution in [2.45, 2.75) is 43.4 Å². The summed E-state index contributed by atoms with van der Waals surface area (Å²) >= 11 is 0. The van der Waals surface area contributed by atoms with Crippen LogP contribution in [0.1, 0.15) is 23.1 Å². The Morgan fingerprint density at radius 2 is 1.86 bits per heavy atom. The van der Waals surface area contributed by atoms with E-state index >= 15 is 0 Å². The fourth-order valence-corrected chi connectivity index (χ4v) is 5.78. The molecule has 0 radical (unpaired) electrons. The molecule has 0 aliphatic carbocycles. The number of sulfonamides is 1. The van der Waals surface area contributed by atoms with Crippen molar-refractivity contribution in [3.63, 3.8) is 0 Å². The minimum Gasteiger partial charge on any atom is -0.337 e. The zero-order chi connectivity index (χ0) is 19.9. The first kappa shape index (κ1) is 19.1. The van der Waals surface area contributed by atoms with Gasteiger partial charge in [0.2, 0.25) is 15.9 Å². The van der Waals surface area contributed by atoms with Gasteiger partial charge in [-0.3, -0.25) is 4.79 Å². The van der Waals surface area contributed by atoms with E-state index in [1.54, 1.807) is 30.0 Å². The predicted octanol–water partition coefficient (Wildman–Crippen LogP) is 2.68. The molecule has 2 atom stereocenters. The molecule has 7 heteroatoms. The van der Waals surface area contributed by atoms with E-state index in [1.807, 2.05) is 24.3 Å². The highest BCUT2D eigenvalue weighted by molar-refractivity contribution is 7.89. The van der Waals surface area contributed by atoms with Gasteiger partial charge in [0.25, 0.3) is 0 Å². The molecule has 148 valence electrons. The van der Waals surface area contributed by atoms with Crippen molar-refractivity contribution in [2.75, 3.05) is 13.1 Å². The van der Waals surface area contributed by atoms with Crippen molar-refractivity contribution in [2.24, 2.45) is 0 Å². The van der Waals surface area contributed by atoms with Crippen molar-refractivity contribution >= 4 is 15.9 Å². The molecule has 0 bridgehead atoms. The lowest BCUT2D eigenvalue weighted by atomic mass is 9.99. The van der Waals surface area contributed by atoms with Gasteiger partial charge in [0.05, 0.1) is 4.90 Å². The first-order valence-electron chi connectivity index (χ1n) is 9.44. The number of hydrogen-bond donors (Lipinski definition) is 0. The van der Waals surface area contributed by atoms with Crippen LogP contribution in [-0.2, 0) is 27.8 Å². The van der Waals surface area contributed by atoms with Crippen molar-refractivity contribution in [1.82, 2.24) is 9.21 Å². The van der Waals surface area contributed by atoms with E-state index in [4.69, 9.17) is 0 Å². The van der Waals surface area contributed by atoms with Crippen molar-refractivity contribution in [3.05, 3.63) is 65.2 Å². The third-order valence-electron chi connectivity index (χ3n) is 5.53. The number of rotatable bonds is 3. The lowest BCUT2D eigenvalue weighted by Gasteiger charge is -2.33. The molecule has 2 aromatic rings. The summed E-state index contributed by atoms with van der Waals surface area (Å²) in [6, 6.07) is 13.4. The van der Waals surface area contributed by atoms with E-state index in [-0.39, 0.29) is 23.8 Å². The zero-order valence-corrected chi connectivity index (χ0v) is 16.5. The predicted molar refractivity (Wildman–Crippen MR) is 104 cm³/mol. The Bertz CT molecular complexity index is 1010. The lowest BCUT2D eigenvalue weighted by molar-refractivity contribution is -0.135. The summed E-state index contributed by atoms with van der Waals surface area (Å²) in [7, 11) is -3.94. The Morgan fingerprint density at radius 1 is 1.11 bits per heavy atom. The summed E-state index contributed by atoms with van der Waals surface area (Å²) in [5, 5.41) is 0. The second-order valence-electron chi connectivity index (χ2n) is 7.52. The topological polar surface area (TPSA) is 57.7 Å². The number of hydrogen-bond acceptors (Lipinski definition) is 3. The van der Waals surface area contributed by atoms with Gasteiger partial charge >= 0.3 is 0 Å². The molecular weight excluding hydrogens is 379 g/mol. The molecule has 2 aliphatic heterocycles. The highest BCUT2D eigenvalue weighted by atomic mass is 32.2. The summed E-state index contributed by atoms with van der Waals surface area (Å²) in [6.45, 7) is 2.47. The molecular formula is C21H23FN2O3S. The number of fused-ring (bicyclic) bond motifs is 1. The fourth-order valence-electron chi connectivity index (χ4n) is 4.05. The van der Waals surface area contributed by atoms with Crippen molar-refractivity contribution in [3.8, 4) is 0 Å². The fraction of sp³-hybridized carbons (Fsp3) is 0.381. The highest BCUT2D eigenvalue weighted by Gasteiger charge is 2.45. The molecule has 0 N–H and O–H groups in total. The molecule has 2 aliphatic rings. The molecule has 1 fully saturated rings. The van der Waals surface area contributed by atoms with Crippen LogP contribution in [0.5, 0.6) is 0 Å². The Kier molecular flexibility index (Phi) is 4.97. The molecule has 0 aromatic heterocycles. The lowest BCUT2D eigenvalue weighted by Crippen LogP contribution is -2.49. The molecule has 4 rings (SSSR count). The number of aryl methyl sites for hydroxylation is 1. The van der Waals surface area contributed by atoms with Gasteiger partial charge in [-0.2, -0.15) is 4.31 Å². The highest BCUT2D eigenvalue weighted by Crippen LogP contribution is 2.30. The van der Waals surface area contributed by atoms with E-state index in [1.165, 1.54) is 11.6 Å². The average molecular weight is 402 g/mol. The number of nitrogens with zero attached hydrogens (tertiary/aromatic N) is 2. The molecule has 0 saturated carbocycles. The van der Waals surface area contributed by atoms with Gasteiger partial charge in [0.1, 0.15) is 12.2 Å². The Hall–Kier alpha value is -2.25. The standard InChI is InChI=1S/C21H23FN2O3S/c1-15-5-4-8-19(11-15)28(26,27)24-14-18(22)12-20(24)21(25)23-10-9-16-6-2-3-7-17(16)13-23/h2-8,11,18,20H,9-10,12-14H2,1H3. The third-order valence-corrected chi connectivity index (χ3v) is 7.40. The molecule has 2 unspecified atom stereocenters. The van der Waals surface area contributed by atoms with E-state index in [0.29, 0.717) is 13.1 Å². The Morgan fingerprint density at radius 3 is 2.61 bits per heavy atom. The quantitative estimate of drug-likeness (QED) is 0.793.